The van der Waals surface area contributed by atoms with Crippen LogP contribution < -0.4 is 5.32 Å². The second-order valence-corrected chi connectivity index (χ2v) is 9.05. The number of anilines is 1. The van der Waals surface area contributed by atoms with Crippen LogP contribution in [0.4, 0.5) is 5.69 Å². The third-order valence-electron chi connectivity index (χ3n) is 7.66. The number of nitrogens with one attached hydrogen (secondary N) is 1. The van der Waals surface area contributed by atoms with E-state index < -0.39 is 0 Å². The molecule has 3 atom stereocenters. The zero-order chi connectivity index (χ0) is 19.0. The highest BCUT2D eigenvalue weighted by atomic mass is 16.3. The number of aromatic hydroxyl groups is 1. The van der Waals surface area contributed by atoms with Gasteiger partial charge < -0.3 is 10.4 Å². The van der Waals surface area contributed by atoms with Crippen molar-refractivity contribution < 1.29 is 5.11 Å². The Morgan fingerprint density at radius 1 is 1.07 bits per heavy atom. The molecule has 0 amide bonds. The fourth-order valence-electron chi connectivity index (χ4n) is 6.42. The van der Waals surface area contributed by atoms with Gasteiger partial charge in [-0.3, -0.25) is 4.90 Å². The number of likely N-dealkylation sites (tertiary alicyclic amines) is 1. The van der Waals surface area contributed by atoms with Gasteiger partial charge in [-0.05, 0) is 80.0 Å². The Kier molecular flexibility index (Phi) is 4.80. The van der Waals surface area contributed by atoms with E-state index in [0.717, 1.165) is 18.9 Å². The molecule has 1 saturated heterocycles. The van der Waals surface area contributed by atoms with Gasteiger partial charge in [-0.1, -0.05) is 37.1 Å². The Balaban J connectivity index is 1.30. The first-order valence-corrected chi connectivity index (χ1v) is 11.1. The fraction of sp³-hybridized carbons (Fsp3) is 0.520. The highest BCUT2D eigenvalue weighted by Gasteiger charge is 2.53. The maximum absolute atomic E-state index is 10.1. The van der Waals surface area contributed by atoms with Crippen LogP contribution in [-0.4, -0.2) is 35.7 Å². The lowest BCUT2D eigenvalue weighted by Crippen LogP contribution is -2.61. The maximum Gasteiger partial charge on any atom is 0.115 e. The summed E-state index contributed by atoms with van der Waals surface area (Å²) in [5.74, 6) is 1.22. The van der Waals surface area contributed by atoms with Crippen LogP contribution in [0.2, 0.25) is 0 Å². The number of hydrogen-bond acceptors (Lipinski definition) is 3. The highest BCUT2D eigenvalue weighted by molar-refractivity contribution is 5.45. The van der Waals surface area contributed by atoms with Gasteiger partial charge in [0.15, 0.2) is 0 Å². The topological polar surface area (TPSA) is 35.5 Å². The number of phenols is 1. The van der Waals surface area contributed by atoms with Crippen molar-refractivity contribution in [3.8, 4) is 5.75 Å². The van der Waals surface area contributed by atoms with E-state index in [9.17, 15) is 5.11 Å². The highest BCUT2D eigenvalue weighted by Crippen LogP contribution is 2.56. The van der Waals surface area contributed by atoms with Crippen molar-refractivity contribution in [1.82, 2.24) is 4.90 Å². The monoisotopic (exact) mass is 376 g/mol. The summed E-state index contributed by atoms with van der Waals surface area (Å²) in [7, 11) is 0. The van der Waals surface area contributed by atoms with E-state index in [-0.39, 0.29) is 0 Å². The van der Waals surface area contributed by atoms with E-state index in [2.05, 4.69) is 52.7 Å². The van der Waals surface area contributed by atoms with Crippen LogP contribution in [0.1, 0.15) is 49.7 Å². The van der Waals surface area contributed by atoms with Gasteiger partial charge in [0, 0.05) is 30.2 Å². The molecule has 0 radical (unpaired) electrons. The van der Waals surface area contributed by atoms with Gasteiger partial charge in [0.25, 0.3) is 0 Å². The molecule has 2 aliphatic carbocycles. The molecule has 3 nitrogen and oxygen atoms in total. The summed E-state index contributed by atoms with van der Waals surface area (Å²) in [5, 5.41) is 13.7. The molecule has 0 unspecified atom stereocenters. The van der Waals surface area contributed by atoms with E-state index in [1.165, 1.54) is 68.4 Å². The molecule has 28 heavy (non-hydrogen) atoms. The van der Waals surface area contributed by atoms with Gasteiger partial charge in [-0.25, -0.2) is 0 Å². The van der Waals surface area contributed by atoms with Crippen LogP contribution in [0, 0.1) is 5.92 Å². The number of para-hydroxylation sites is 1. The van der Waals surface area contributed by atoms with Gasteiger partial charge in [0.05, 0.1) is 0 Å². The fourth-order valence-corrected chi connectivity index (χ4v) is 6.42. The van der Waals surface area contributed by atoms with Gasteiger partial charge in [0.1, 0.15) is 5.75 Å². The van der Waals surface area contributed by atoms with Gasteiger partial charge in [-0.2, -0.15) is 0 Å². The Morgan fingerprint density at radius 2 is 1.96 bits per heavy atom. The van der Waals surface area contributed by atoms with Crippen molar-refractivity contribution in [1.29, 1.82) is 0 Å². The Hall–Kier alpha value is -2.00. The molecule has 5 rings (SSSR count). The van der Waals surface area contributed by atoms with Crippen LogP contribution >= 0.6 is 0 Å². The number of nitrogens with zero attached hydrogens (tertiary/aromatic N) is 1. The molecule has 1 aliphatic heterocycles. The molecule has 2 aromatic carbocycles. The Labute approximate surface area is 168 Å². The Morgan fingerprint density at radius 3 is 2.86 bits per heavy atom. The Bertz CT molecular complexity index is 821. The molecule has 2 aromatic rings. The van der Waals surface area contributed by atoms with Gasteiger partial charge >= 0.3 is 0 Å². The minimum atomic E-state index is 0.327. The normalized spacial score (nSPS) is 29.0. The number of hydrogen-bond donors (Lipinski definition) is 2. The molecule has 3 heteroatoms. The molecule has 1 heterocycles. The molecule has 0 aromatic heterocycles. The maximum atomic E-state index is 10.1. The van der Waals surface area contributed by atoms with Crippen molar-refractivity contribution in [3.63, 3.8) is 0 Å². The van der Waals surface area contributed by atoms with Crippen LogP contribution in [0.5, 0.6) is 5.75 Å². The van der Waals surface area contributed by atoms with Gasteiger partial charge in [-0.15, -0.1) is 0 Å². The van der Waals surface area contributed by atoms with E-state index in [1.54, 1.807) is 0 Å². The van der Waals surface area contributed by atoms with E-state index in [0.29, 0.717) is 17.2 Å². The van der Waals surface area contributed by atoms with Crippen molar-refractivity contribution in [2.75, 3.05) is 25.0 Å². The van der Waals surface area contributed by atoms with Gasteiger partial charge in [0.2, 0.25) is 0 Å². The van der Waals surface area contributed by atoms with Crippen LogP contribution in [0.15, 0.2) is 48.5 Å². The van der Waals surface area contributed by atoms with E-state index >= 15 is 0 Å². The zero-order valence-corrected chi connectivity index (χ0v) is 16.7. The second-order valence-electron chi connectivity index (χ2n) is 9.05. The molecule has 148 valence electrons. The standard InChI is InChI=1S/C25H32N2O/c28-21-11-10-19-17-24-22-9-4-5-12-25(22,23(19)18-21)13-16-27(24)15-6-14-26-20-7-2-1-3-8-20/h1-3,7-8,10-11,18,22,24,26,28H,4-6,9,12-17H2/t22-,24+,25+/m0/s1. The van der Waals surface area contributed by atoms with Crippen LogP contribution in [-0.2, 0) is 11.8 Å². The lowest BCUT2D eigenvalue weighted by atomic mass is 9.52. The average molecular weight is 377 g/mol. The molecule has 1 saturated carbocycles. The number of fused-ring (bicyclic) bond motifs is 1. The third-order valence-corrected chi connectivity index (χ3v) is 7.66. The predicted molar refractivity (Wildman–Crippen MR) is 115 cm³/mol. The lowest BCUT2D eigenvalue weighted by Gasteiger charge is -2.59. The number of benzene rings is 2. The summed E-state index contributed by atoms with van der Waals surface area (Å²) in [5.41, 5.74) is 4.53. The number of rotatable bonds is 5. The number of phenolic OH excluding ortho intramolecular Hbond substituents is 1. The number of piperidine rings is 1. The molecular formula is C25H32N2O. The minimum absolute atomic E-state index is 0.327. The smallest absolute Gasteiger partial charge is 0.115 e. The first kappa shape index (κ1) is 18.1. The van der Waals surface area contributed by atoms with E-state index in [4.69, 9.17) is 0 Å². The third kappa shape index (κ3) is 3.10. The molecule has 3 aliphatic rings. The predicted octanol–water partition coefficient (Wildman–Crippen LogP) is 4.95. The summed E-state index contributed by atoms with van der Waals surface area (Å²) in [4.78, 5) is 2.79. The largest absolute Gasteiger partial charge is 0.508 e. The van der Waals surface area contributed by atoms with Crippen molar-refractivity contribution in [2.24, 2.45) is 5.92 Å². The summed E-state index contributed by atoms with van der Waals surface area (Å²) < 4.78 is 0. The van der Waals surface area contributed by atoms with Crippen LogP contribution in [0.25, 0.3) is 0 Å². The summed E-state index contributed by atoms with van der Waals surface area (Å²) in [6, 6.07) is 17.4. The molecule has 2 bridgehead atoms. The summed E-state index contributed by atoms with van der Waals surface area (Å²) in [6.45, 7) is 3.43. The van der Waals surface area contributed by atoms with Crippen molar-refractivity contribution in [2.45, 2.75) is 56.4 Å². The summed E-state index contributed by atoms with van der Waals surface area (Å²) in [6.07, 6.45) is 9.00. The average Bonchev–Trinajstić information content (AvgIpc) is 2.74. The lowest BCUT2D eigenvalue weighted by molar-refractivity contribution is -0.0113. The minimum Gasteiger partial charge on any atom is -0.508 e. The molecular weight excluding hydrogens is 344 g/mol. The second kappa shape index (κ2) is 7.44. The van der Waals surface area contributed by atoms with E-state index in [1.807, 2.05) is 6.07 Å². The van der Waals surface area contributed by atoms with Crippen molar-refractivity contribution >= 4 is 5.69 Å². The van der Waals surface area contributed by atoms with Crippen molar-refractivity contribution in [3.05, 3.63) is 59.7 Å². The summed E-state index contributed by atoms with van der Waals surface area (Å²) >= 11 is 0. The first-order chi connectivity index (χ1) is 13.8. The van der Waals surface area contributed by atoms with Crippen LogP contribution in [0.3, 0.4) is 0 Å². The first-order valence-electron chi connectivity index (χ1n) is 11.1. The molecule has 2 N–H and O–H groups in total. The SMILES string of the molecule is Oc1ccc2c(c1)[C@@]13CCCC[C@H]1[C@@H](C2)N(CCCNc1ccccc1)CC3. The zero-order valence-electron chi connectivity index (χ0n) is 16.7. The molecule has 2 fully saturated rings. The molecule has 0 spiro atoms. The quantitative estimate of drug-likeness (QED) is 0.725.